The van der Waals surface area contributed by atoms with Crippen molar-refractivity contribution in [3.05, 3.63) is 89.7 Å². The van der Waals surface area contributed by atoms with Gasteiger partial charge in [0.05, 0.1) is 10.6 Å². The van der Waals surface area contributed by atoms with Crippen LogP contribution in [0.4, 0.5) is 15.8 Å². The molecule has 0 atom stereocenters. The van der Waals surface area contributed by atoms with Gasteiger partial charge in [-0.05, 0) is 61.0 Å². The Morgan fingerprint density at radius 1 is 0.875 bits per heavy atom. The van der Waals surface area contributed by atoms with Crippen molar-refractivity contribution in [1.29, 1.82) is 0 Å². The zero-order chi connectivity index (χ0) is 22.7. The number of nitrogens with one attached hydrogen (secondary N) is 1. The molecule has 166 valence electrons. The van der Waals surface area contributed by atoms with E-state index in [2.05, 4.69) is 9.62 Å². The first-order valence-electron chi connectivity index (χ1n) is 10.3. The molecular weight excluding hydrogens is 429 g/mol. The summed E-state index contributed by atoms with van der Waals surface area (Å²) in [6, 6.07) is 19.5. The Morgan fingerprint density at radius 3 is 2.19 bits per heavy atom. The molecule has 3 aromatic rings. The van der Waals surface area contributed by atoms with Crippen LogP contribution in [0.1, 0.15) is 15.9 Å². The van der Waals surface area contributed by atoms with Crippen LogP contribution in [0, 0.1) is 12.7 Å². The van der Waals surface area contributed by atoms with E-state index >= 15 is 0 Å². The second-order valence-electron chi connectivity index (χ2n) is 7.65. The fourth-order valence-corrected chi connectivity index (χ4v) is 4.92. The topological polar surface area (TPSA) is 69.7 Å². The summed E-state index contributed by atoms with van der Waals surface area (Å²) in [5.41, 5.74) is 2.35. The number of piperazine rings is 1. The molecule has 0 aromatic heterocycles. The van der Waals surface area contributed by atoms with Crippen LogP contribution in [-0.2, 0) is 10.0 Å². The molecule has 1 N–H and O–H groups in total. The minimum Gasteiger partial charge on any atom is -0.368 e. The molecule has 0 unspecified atom stereocenters. The van der Waals surface area contributed by atoms with Gasteiger partial charge in [0, 0.05) is 37.4 Å². The van der Waals surface area contributed by atoms with Crippen molar-refractivity contribution in [2.45, 2.75) is 11.8 Å². The molecule has 6 nitrogen and oxygen atoms in total. The van der Waals surface area contributed by atoms with Crippen molar-refractivity contribution in [3.63, 3.8) is 0 Å². The van der Waals surface area contributed by atoms with E-state index < -0.39 is 10.0 Å². The highest BCUT2D eigenvalue weighted by Gasteiger charge is 2.25. The number of nitrogens with zero attached hydrogens (tertiary/aromatic N) is 2. The average molecular weight is 454 g/mol. The summed E-state index contributed by atoms with van der Waals surface area (Å²) in [4.78, 5) is 17.2. The summed E-state index contributed by atoms with van der Waals surface area (Å²) in [6.07, 6.45) is 0. The van der Waals surface area contributed by atoms with Gasteiger partial charge in [0.2, 0.25) is 0 Å². The number of sulfonamides is 1. The number of carbonyl (C=O) groups excluding carboxylic acids is 1. The van der Waals surface area contributed by atoms with Crippen LogP contribution in [0.3, 0.4) is 0 Å². The van der Waals surface area contributed by atoms with Gasteiger partial charge in [0.1, 0.15) is 5.82 Å². The first kappa shape index (κ1) is 21.8. The molecule has 1 aliphatic heterocycles. The lowest BCUT2D eigenvalue weighted by Crippen LogP contribution is -2.49. The number of benzene rings is 3. The standard InChI is InChI=1S/C24H24FN3O3S/c1-18-22(8-5-9-23(18)26-32(30,31)21-6-3-2-4-7-21)24(29)28-16-14-27(15-17-28)20-12-10-19(25)11-13-20/h2-13,26H,14-17H2,1H3. The van der Waals surface area contributed by atoms with Crippen LogP contribution in [-0.4, -0.2) is 45.4 Å². The largest absolute Gasteiger partial charge is 0.368 e. The van der Waals surface area contributed by atoms with E-state index in [1.165, 1.54) is 24.3 Å². The summed E-state index contributed by atoms with van der Waals surface area (Å²) in [7, 11) is -3.75. The Bertz CT molecular complexity index is 1210. The lowest BCUT2D eigenvalue weighted by atomic mass is 10.1. The molecule has 0 radical (unpaired) electrons. The van der Waals surface area contributed by atoms with E-state index in [0.29, 0.717) is 43.0 Å². The Hall–Kier alpha value is -3.39. The highest BCUT2D eigenvalue weighted by atomic mass is 32.2. The van der Waals surface area contributed by atoms with E-state index in [1.807, 2.05) is 0 Å². The van der Waals surface area contributed by atoms with E-state index in [0.717, 1.165) is 5.69 Å². The maximum Gasteiger partial charge on any atom is 0.261 e. The van der Waals surface area contributed by atoms with Gasteiger partial charge in [-0.2, -0.15) is 0 Å². The molecule has 1 aliphatic rings. The monoisotopic (exact) mass is 453 g/mol. The third-order valence-corrected chi connectivity index (χ3v) is 7.00. The Kier molecular flexibility index (Phi) is 6.14. The second-order valence-corrected chi connectivity index (χ2v) is 9.33. The molecule has 0 spiro atoms. The Labute approximate surface area is 187 Å². The maximum atomic E-state index is 13.2. The third-order valence-electron chi connectivity index (χ3n) is 5.62. The van der Waals surface area contributed by atoms with Crippen molar-refractivity contribution in [2.75, 3.05) is 35.8 Å². The van der Waals surface area contributed by atoms with E-state index in [4.69, 9.17) is 0 Å². The fourth-order valence-electron chi connectivity index (χ4n) is 3.77. The van der Waals surface area contributed by atoms with E-state index in [-0.39, 0.29) is 16.6 Å². The number of amides is 1. The van der Waals surface area contributed by atoms with Gasteiger partial charge in [-0.15, -0.1) is 0 Å². The fraction of sp³-hybridized carbons (Fsp3) is 0.208. The molecule has 0 bridgehead atoms. The van der Waals surface area contributed by atoms with Crippen molar-refractivity contribution < 1.29 is 17.6 Å². The lowest BCUT2D eigenvalue weighted by molar-refractivity contribution is 0.0746. The highest BCUT2D eigenvalue weighted by Crippen LogP contribution is 2.25. The quantitative estimate of drug-likeness (QED) is 0.636. The zero-order valence-electron chi connectivity index (χ0n) is 17.7. The van der Waals surface area contributed by atoms with Crippen molar-refractivity contribution in [3.8, 4) is 0 Å². The molecule has 1 fully saturated rings. The minimum atomic E-state index is -3.75. The SMILES string of the molecule is Cc1c(NS(=O)(=O)c2ccccc2)cccc1C(=O)N1CCN(c2ccc(F)cc2)CC1. The number of hydrogen-bond donors (Lipinski definition) is 1. The van der Waals surface area contributed by atoms with Gasteiger partial charge < -0.3 is 9.80 Å². The average Bonchev–Trinajstić information content (AvgIpc) is 2.81. The van der Waals surface area contributed by atoms with Crippen LogP contribution in [0.25, 0.3) is 0 Å². The maximum absolute atomic E-state index is 13.2. The summed E-state index contributed by atoms with van der Waals surface area (Å²) < 4.78 is 41.1. The normalized spacial score (nSPS) is 14.3. The molecule has 4 rings (SSSR count). The van der Waals surface area contributed by atoms with Crippen molar-refractivity contribution in [2.24, 2.45) is 0 Å². The summed E-state index contributed by atoms with van der Waals surface area (Å²) in [5, 5.41) is 0. The molecule has 1 heterocycles. The van der Waals surface area contributed by atoms with Crippen molar-refractivity contribution in [1.82, 2.24) is 4.90 Å². The predicted octanol–water partition coefficient (Wildman–Crippen LogP) is 3.90. The van der Waals surface area contributed by atoms with Gasteiger partial charge >= 0.3 is 0 Å². The molecule has 1 amide bonds. The number of halogens is 1. The van der Waals surface area contributed by atoms with Crippen LogP contribution in [0.2, 0.25) is 0 Å². The molecule has 8 heteroatoms. The van der Waals surface area contributed by atoms with E-state index in [9.17, 15) is 17.6 Å². The minimum absolute atomic E-state index is 0.137. The smallest absolute Gasteiger partial charge is 0.261 e. The van der Waals surface area contributed by atoms with Crippen LogP contribution in [0.5, 0.6) is 0 Å². The molecule has 32 heavy (non-hydrogen) atoms. The lowest BCUT2D eigenvalue weighted by Gasteiger charge is -2.36. The number of hydrogen-bond acceptors (Lipinski definition) is 4. The molecule has 3 aromatic carbocycles. The van der Waals surface area contributed by atoms with Gasteiger partial charge in [0.25, 0.3) is 15.9 Å². The van der Waals surface area contributed by atoms with Gasteiger partial charge in [-0.3, -0.25) is 9.52 Å². The summed E-state index contributed by atoms with van der Waals surface area (Å²) in [5.74, 6) is -0.414. The molecular formula is C24H24FN3O3S. The van der Waals surface area contributed by atoms with Gasteiger partial charge in [0.15, 0.2) is 0 Å². The first-order chi connectivity index (χ1) is 15.3. The van der Waals surface area contributed by atoms with Gasteiger partial charge in [-0.1, -0.05) is 24.3 Å². The highest BCUT2D eigenvalue weighted by molar-refractivity contribution is 7.92. The summed E-state index contributed by atoms with van der Waals surface area (Å²) in [6.45, 7) is 4.06. The third kappa shape index (κ3) is 4.60. The Balaban J connectivity index is 1.47. The number of carbonyl (C=O) groups is 1. The molecule has 0 saturated carbocycles. The molecule has 0 aliphatic carbocycles. The predicted molar refractivity (Wildman–Crippen MR) is 123 cm³/mol. The van der Waals surface area contributed by atoms with Crippen LogP contribution >= 0.6 is 0 Å². The number of rotatable bonds is 5. The Morgan fingerprint density at radius 2 is 1.53 bits per heavy atom. The zero-order valence-corrected chi connectivity index (χ0v) is 18.5. The van der Waals surface area contributed by atoms with Gasteiger partial charge in [-0.25, -0.2) is 12.8 Å². The van der Waals surface area contributed by atoms with E-state index in [1.54, 1.807) is 60.4 Å². The number of anilines is 2. The molecule has 1 saturated heterocycles. The van der Waals surface area contributed by atoms with Crippen LogP contribution < -0.4 is 9.62 Å². The first-order valence-corrected chi connectivity index (χ1v) is 11.8. The van der Waals surface area contributed by atoms with Crippen molar-refractivity contribution >= 4 is 27.3 Å². The second kappa shape index (κ2) is 9.00. The summed E-state index contributed by atoms with van der Waals surface area (Å²) >= 11 is 0. The van der Waals surface area contributed by atoms with Crippen LogP contribution in [0.15, 0.2) is 77.7 Å².